The summed E-state index contributed by atoms with van der Waals surface area (Å²) in [6.07, 6.45) is 3.58. The van der Waals surface area contributed by atoms with Crippen molar-refractivity contribution in [3.05, 3.63) is 18.6 Å². The lowest BCUT2D eigenvalue weighted by Gasteiger charge is -2.21. The quantitative estimate of drug-likeness (QED) is 0.774. The van der Waals surface area contributed by atoms with E-state index in [2.05, 4.69) is 9.97 Å². The number of aryl methyl sites for hydroxylation is 1. The largest absolute Gasteiger partial charge is 0.383 e. The van der Waals surface area contributed by atoms with Gasteiger partial charge in [-0.15, -0.1) is 11.6 Å². The van der Waals surface area contributed by atoms with Gasteiger partial charge in [-0.2, -0.15) is 0 Å². The highest BCUT2D eigenvalue weighted by atomic mass is 35.5. The van der Waals surface area contributed by atoms with Crippen LogP contribution in [-0.2, 0) is 11.8 Å². The van der Waals surface area contributed by atoms with Gasteiger partial charge in [-0.05, 0) is 6.07 Å². The summed E-state index contributed by atoms with van der Waals surface area (Å²) in [7, 11) is 5.57. The smallest absolute Gasteiger partial charge is 0.156 e. The molecule has 98 valence electrons. The standard InChI is InChI=1S/C12H17ClN4O/c1-16(6-9(13)7-18-3)12-11-10(4-5-14-12)17(2)8-15-11/h4-5,8-9H,6-7H2,1-3H3. The van der Waals surface area contributed by atoms with Crippen LogP contribution in [0, 0.1) is 0 Å². The Morgan fingerprint density at radius 1 is 1.50 bits per heavy atom. The maximum Gasteiger partial charge on any atom is 0.156 e. The zero-order chi connectivity index (χ0) is 13.1. The Labute approximate surface area is 111 Å². The number of methoxy groups -OCH3 is 1. The van der Waals surface area contributed by atoms with E-state index in [0.717, 1.165) is 16.9 Å². The number of anilines is 1. The average molecular weight is 269 g/mol. The molecule has 2 rings (SSSR count). The number of hydrogen-bond acceptors (Lipinski definition) is 4. The van der Waals surface area contributed by atoms with E-state index < -0.39 is 0 Å². The second-order valence-corrected chi connectivity index (χ2v) is 4.91. The summed E-state index contributed by atoms with van der Waals surface area (Å²) in [6.45, 7) is 1.18. The van der Waals surface area contributed by atoms with Crippen LogP contribution < -0.4 is 4.90 Å². The lowest BCUT2D eigenvalue weighted by atomic mass is 10.3. The van der Waals surface area contributed by atoms with Crippen LogP contribution in [0.4, 0.5) is 5.82 Å². The number of rotatable bonds is 5. The first-order valence-corrected chi connectivity index (χ1v) is 6.17. The van der Waals surface area contributed by atoms with Crippen LogP contribution in [0.2, 0.25) is 0 Å². The summed E-state index contributed by atoms with van der Waals surface area (Å²) >= 11 is 6.16. The minimum absolute atomic E-state index is 0.0687. The van der Waals surface area contributed by atoms with Crippen LogP contribution in [-0.4, -0.2) is 47.2 Å². The molecule has 1 atom stereocenters. The van der Waals surface area contributed by atoms with E-state index in [-0.39, 0.29) is 5.38 Å². The van der Waals surface area contributed by atoms with E-state index in [0.29, 0.717) is 13.2 Å². The van der Waals surface area contributed by atoms with Crippen molar-refractivity contribution in [3.8, 4) is 0 Å². The molecular weight excluding hydrogens is 252 g/mol. The maximum atomic E-state index is 6.16. The molecule has 0 bridgehead atoms. The van der Waals surface area contributed by atoms with Gasteiger partial charge in [0.25, 0.3) is 0 Å². The molecule has 1 unspecified atom stereocenters. The fourth-order valence-electron chi connectivity index (χ4n) is 1.94. The first-order chi connectivity index (χ1) is 8.63. The SMILES string of the molecule is COCC(Cl)CN(C)c1nccc2c1ncn2C. The Morgan fingerprint density at radius 2 is 2.28 bits per heavy atom. The van der Waals surface area contributed by atoms with Crippen LogP contribution in [0.15, 0.2) is 18.6 Å². The number of halogens is 1. The van der Waals surface area contributed by atoms with Gasteiger partial charge in [-0.3, -0.25) is 0 Å². The minimum Gasteiger partial charge on any atom is -0.383 e. The van der Waals surface area contributed by atoms with Crippen molar-refractivity contribution in [2.24, 2.45) is 7.05 Å². The van der Waals surface area contributed by atoms with Gasteiger partial charge >= 0.3 is 0 Å². The van der Waals surface area contributed by atoms with E-state index in [4.69, 9.17) is 16.3 Å². The van der Waals surface area contributed by atoms with Gasteiger partial charge in [-0.25, -0.2) is 9.97 Å². The summed E-state index contributed by atoms with van der Waals surface area (Å²) in [5, 5.41) is -0.0687. The fraction of sp³-hybridized carbons (Fsp3) is 0.500. The van der Waals surface area contributed by atoms with Crippen LogP contribution >= 0.6 is 11.6 Å². The van der Waals surface area contributed by atoms with Gasteiger partial charge in [0, 0.05) is 33.9 Å². The van der Waals surface area contributed by atoms with Gasteiger partial charge in [0.2, 0.25) is 0 Å². The van der Waals surface area contributed by atoms with Crippen molar-refractivity contribution in [3.63, 3.8) is 0 Å². The summed E-state index contributed by atoms with van der Waals surface area (Å²) in [4.78, 5) is 10.8. The Morgan fingerprint density at radius 3 is 3.00 bits per heavy atom. The first kappa shape index (κ1) is 13.1. The summed E-state index contributed by atoms with van der Waals surface area (Å²) in [6, 6.07) is 1.95. The Balaban J connectivity index is 2.25. The Bertz CT molecular complexity index is 528. The number of imidazole rings is 1. The summed E-state index contributed by atoms with van der Waals surface area (Å²) < 4.78 is 7.01. The van der Waals surface area contributed by atoms with E-state index >= 15 is 0 Å². The molecular formula is C12H17ClN4O. The molecule has 0 radical (unpaired) electrons. The molecule has 0 amide bonds. The molecule has 2 heterocycles. The zero-order valence-electron chi connectivity index (χ0n) is 10.8. The predicted octanol–water partition coefficient (Wildman–Crippen LogP) is 1.66. The fourth-order valence-corrected chi connectivity index (χ4v) is 2.28. The molecule has 0 aliphatic rings. The molecule has 0 spiro atoms. The molecule has 18 heavy (non-hydrogen) atoms. The number of aromatic nitrogens is 3. The van der Waals surface area contributed by atoms with Gasteiger partial charge in [-0.1, -0.05) is 0 Å². The third-order valence-electron chi connectivity index (χ3n) is 2.80. The highest BCUT2D eigenvalue weighted by molar-refractivity contribution is 6.21. The van der Waals surface area contributed by atoms with Crippen molar-refractivity contribution in [1.29, 1.82) is 0 Å². The van der Waals surface area contributed by atoms with E-state index in [1.807, 2.05) is 29.6 Å². The number of pyridine rings is 1. The average Bonchev–Trinajstić information content (AvgIpc) is 2.71. The first-order valence-electron chi connectivity index (χ1n) is 5.73. The third-order valence-corrected chi connectivity index (χ3v) is 3.07. The van der Waals surface area contributed by atoms with Crippen molar-refractivity contribution in [2.45, 2.75) is 5.38 Å². The van der Waals surface area contributed by atoms with Crippen LogP contribution in [0.25, 0.3) is 11.0 Å². The monoisotopic (exact) mass is 268 g/mol. The van der Waals surface area contributed by atoms with Crippen LogP contribution in [0.3, 0.4) is 0 Å². The minimum atomic E-state index is -0.0687. The molecule has 6 heteroatoms. The number of ether oxygens (including phenoxy) is 1. The Hall–Kier alpha value is -1.33. The third kappa shape index (κ3) is 2.57. The molecule has 0 aromatic carbocycles. The molecule has 0 saturated heterocycles. The normalized spacial score (nSPS) is 12.9. The van der Waals surface area contributed by atoms with E-state index in [1.54, 1.807) is 19.6 Å². The number of fused-ring (bicyclic) bond motifs is 1. The van der Waals surface area contributed by atoms with Gasteiger partial charge in [0.15, 0.2) is 5.82 Å². The van der Waals surface area contributed by atoms with Crippen LogP contribution in [0.5, 0.6) is 0 Å². The van der Waals surface area contributed by atoms with Crippen molar-refractivity contribution >= 4 is 28.5 Å². The van der Waals surface area contributed by atoms with Crippen molar-refractivity contribution < 1.29 is 4.74 Å². The highest BCUT2D eigenvalue weighted by Crippen LogP contribution is 2.21. The molecule has 0 aliphatic carbocycles. The van der Waals surface area contributed by atoms with Crippen molar-refractivity contribution in [2.75, 3.05) is 32.2 Å². The topological polar surface area (TPSA) is 43.2 Å². The molecule has 5 nitrogen and oxygen atoms in total. The molecule has 2 aromatic rings. The molecule has 0 fully saturated rings. The van der Waals surface area contributed by atoms with Crippen molar-refractivity contribution in [1.82, 2.24) is 14.5 Å². The summed E-state index contributed by atoms with van der Waals surface area (Å²) in [5.74, 6) is 0.842. The van der Waals surface area contributed by atoms with Gasteiger partial charge in [0.1, 0.15) is 5.52 Å². The number of alkyl halides is 1. The molecule has 2 aromatic heterocycles. The highest BCUT2D eigenvalue weighted by Gasteiger charge is 2.14. The van der Waals surface area contributed by atoms with Crippen LogP contribution in [0.1, 0.15) is 0 Å². The molecule has 0 saturated carbocycles. The van der Waals surface area contributed by atoms with E-state index in [1.165, 1.54) is 0 Å². The number of nitrogens with zero attached hydrogens (tertiary/aromatic N) is 4. The lowest BCUT2D eigenvalue weighted by molar-refractivity contribution is 0.199. The second-order valence-electron chi connectivity index (χ2n) is 4.29. The number of hydrogen-bond donors (Lipinski definition) is 0. The van der Waals surface area contributed by atoms with Gasteiger partial charge < -0.3 is 14.2 Å². The summed E-state index contributed by atoms with van der Waals surface area (Å²) in [5.41, 5.74) is 1.95. The molecule has 0 N–H and O–H groups in total. The second kappa shape index (κ2) is 5.54. The van der Waals surface area contributed by atoms with Gasteiger partial charge in [0.05, 0.1) is 23.8 Å². The van der Waals surface area contributed by atoms with E-state index in [9.17, 15) is 0 Å². The zero-order valence-corrected chi connectivity index (χ0v) is 11.6. The molecule has 0 aliphatic heterocycles. The maximum absolute atomic E-state index is 6.16. The predicted molar refractivity (Wildman–Crippen MR) is 73.3 cm³/mol. The lowest BCUT2D eigenvalue weighted by Crippen LogP contribution is -2.29. The Kier molecular flexibility index (Phi) is 4.04.